The second-order valence-electron chi connectivity index (χ2n) is 6.15. The van der Waals surface area contributed by atoms with E-state index in [9.17, 15) is 0 Å². The van der Waals surface area contributed by atoms with Gasteiger partial charge in [-0.15, -0.1) is 0 Å². The number of aliphatic imine (C=N–C) groups is 1. The van der Waals surface area contributed by atoms with Crippen molar-refractivity contribution in [3.05, 3.63) is 61.2 Å². The number of nitrogens with zero attached hydrogens (tertiary/aromatic N) is 1. The molecule has 0 amide bonds. The number of amidine groups is 1. The second kappa shape index (κ2) is 7.75. The summed E-state index contributed by atoms with van der Waals surface area (Å²) in [5, 5.41) is 7.38. The molecule has 1 saturated heterocycles. The number of fused-ring (bicyclic) bond motifs is 1. The van der Waals surface area contributed by atoms with E-state index >= 15 is 0 Å². The number of hydrogen-bond acceptors (Lipinski definition) is 3. The zero-order chi connectivity index (χ0) is 16.8. The van der Waals surface area contributed by atoms with Crippen LogP contribution in [0.2, 0.25) is 0 Å². The van der Waals surface area contributed by atoms with E-state index in [1.54, 1.807) is 6.08 Å². The predicted molar refractivity (Wildman–Crippen MR) is 108 cm³/mol. The summed E-state index contributed by atoms with van der Waals surface area (Å²) in [6.45, 7) is 8.37. The first-order valence-corrected chi connectivity index (χ1v) is 9.64. The fraction of sp³-hybridized carbons (Fsp3) is 0.350. The van der Waals surface area contributed by atoms with Gasteiger partial charge < -0.3 is 10.6 Å². The van der Waals surface area contributed by atoms with E-state index in [1.807, 2.05) is 23.9 Å². The average Bonchev–Trinajstić information content (AvgIpc) is 2.62. The van der Waals surface area contributed by atoms with E-state index in [4.69, 9.17) is 4.99 Å². The highest BCUT2D eigenvalue weighted by Crippen LogP contribution is 2.38. The third kappa shape index (κ3) is 3.59. The van der Waals surface area contributed by atoms with Gasteiger partial charge in [-0.2, -0.15) is 11.8 Å². The first-order chi connectivity index (χ1) is 11.8. The molecule has 2 aliphatic heterocycles. The predicted octanol–water partition coefficient (Wildman–Crippen LogP) is 4.88. The van der Waals surface area contributed by atoms with Gasteiger partial charge >= 0.3 is 0 Å². The molecule has 0 aromatic heterocycles. The van der Waals surface area contributed by atoms with Crippen molar-refractivity contribution in [1.29, 1.82) is 0 Å². The molecular formula is C20H25N3S. The van der Waals surface area contributed by atoms with Crippen molar-refractivity contribution in [3.63, 3.8) is 0 Å². The molecule has 24 heavy (non-hydrogen) atoms. The van der Waals surface area contributed by atoms with Gasteiger partial charge in [-0.05, 0) is 48.5 Å². The molecule has 0 bridgehead atoms. The minimum absolute atomic E-state index is 0.0455. The minimum atomic E-state index is -0.0455. The number of thioether (sulfide) groups is 1. The molecule has 1 spiro atoms. The maximum absolute atomic E-state index is 4.94. The normalized spacial score (nSPS) is 20.8. The van der Waals surface area contributed by atoms with Gasteiger partial charge in [0.25, 0.3) is 0 Å². The number of allylic oxidation sites excluding steroid dienone is 3. The van der Waals surface area contributed by atoms with E-state index in [1.165, 1.54) is 22.8 Å². The molecule has 3 nitrogen and oxygen atoms in total. The van der Waals surface area contributed by atoms with E-state index in [2.05, 4.69) is 48.1 Å². The van der Waals surface area contributed by atoms with E-state index in [0.717, 1.165) is 37.3 Å². The number of nitrogens with one attached hydrogen (secondary N) is 2. The van der Waals surface area contributed by atoms with Crippen LogP contribution >= 0.6 is 11.8 Å². The van der Waals surface area contributed by atoms with Gasteiger partial charge in [0.15, 0.2) is 0 Å². The van der Waals surface area contributed by atoms with Crippen LogP contribution in [0.1, 0.15) is 19.3 Å². The number of rotatable bonds is 5. The molecule has 3 rings (SSSR count). The molecule has 4 heteroatoms. The number of benzene rings is 1. The van der Waals surface area contributed by atoms with Crippen molar-refractivity contribution in [2.75, 3.05) is 28.7 Å². The number of anilines is 2. The van der Waals surface area contributed by atoms with Crippen molar-refractivity contribution in [2.24, 2.45) is 4.99 Å². The molecule has 2 heterocycles. The van der Waals surface area contributed by atoms with Gasteiger partial charge in [0.05, 0.1) is 16.9 Å². The Morgan fingerprint density at radius 1 is 1.21 bits per heavy atom. The van der Waals surface area contributed by atoms with Crippen molar-refractivity contribution in [1.82, 2.24) is 0 Å². The summed E-state index contributed by atoms with van der Waals surface area (Å²) in [5.41, 5.74) is 3.43. The molecule has 126 valence electrons. The van der Waals surface area contributed by atoms with Crippen molar-refractivity contribution >= 4 is 29.0 Å². The molecular weight excluding hydrogens is 314 g/mol. The van der Waals surface area contributed by atoms with Crippen LogP contribution < -0.4 is 10.6 Å². The van der Waals surface area contributed by atoms with Crippen LogP contribution in [0.3, 0.4) is 0 Å². The van der Waals surface area contributed by atoms with Crippen LogP contribution in [-0.2, 0) is 0 Å². The Hall–Kier alpha value is -1.94. The molecule has 0 unspecified atom stereocenters. The van der Waals surface area contributed by atoms with Crippen LogP contribution in [0, 0.1) is 0 Å². The topological polar surface area (TPSA) is 36.4 Å². The van der Waals surface area contributed by atoms with Crippen LogP contribution in [0.5, 0.6) is 0 Å². The summed E-state index contributed by atoms with van der Waals surface area (Å²) in [7, 11) is 0. The number of para-hydroxylation sites is 2. The third-order valence-electron chi connectivity index (χ3n) is 4.62. The lowest BCUT2D eigenvalue weighted by Crippen LogP contribution is -2.54. The monoisotopic (exact) mass is 339 g/mol. The maximum Gasteiger partial charge on any atom is 0.127 e. The lowest BCUT2D eigenvalue weighted by molar-refractivity contribution is 0.560. The van der Waals surface area contributed by atoms with Crippen LogP contribution in [0.4, 0.5) is 11.4 Å². The third-order valence-corrected chi connectivity index (χ3v) is 5.60. The Bertz CT molecular complexity index is 669. The van der Waals surface area contributed by atoms with Gasteiger partial charge in [0.1, 0.15) is 5.84 Å². The Morgan fingerprint density at radius 3 is 2.67 bits per heavy atom. The van der Waals surface area contributed by atoms with Gasteiger partial charge in [0.2, 0.25) is 0 Å². The fourth-order valence-corrected chi connectivity index (χ4v) is 4.43. The lowest BCUT2D eigenvalue weighted by Gasteiger charge is -2.43. The lowest BCUT2D eigenvalue weighted by atomic mass is 9.87. The minimum Gasteiger partial charge on any atom is -0.371 e. The summed E-state index contributed by atoms with van der Waals surface area (Å²) in [6.07, 6.45) is 8.79. The Balaban J connectivity index is 1.83. The summed E-state index contributed by atoms with van der Waals surface area (Å²) in [5.74, 6) is 3.43. The van der Waals surface area contributed by atoms with Gasteiger partial charge in [-0.25, -0.2) is 0 Å². The molecule has 0 atom stereocenters. The molecule has 0 aliphatic carbocycles. The Morgan fingerprint density at radius 2 is 1.96 bits per heavy atom. The van der Waals surface area contributed by atoms with Crippen molar-refractivity contribution in [3.8, 4) is 0 Å². The van der Waals surface area contributed by atoms with Crippen molar-refractivity contribution < 1.29 is 0 Å². The summed E-state index contributed by atoms with van der Waals surface area (Å²) in [6, 6.07) is 8.39. The Labute approximate surface area is 149 Å². The maximum atomic E-state index is 4.94. The largest absolute Gasteiger partial charge is 0.371 e. The summed E-state index contributed by atoms with van der Waals surface area (Å²) >= 11 is 2.03. The quantitative estimate of drug-likeness (QED) is 0.751. The zero-order valence-electron chi connectivity index (χ0n) is 14.1. The molecule has 0 saturated carbocycles. The van der Waals surface area contributed by atoms with Gasteiger partial charge in [-0.3, -0.25) is 4.99 Å². The van der Waals surface area contributed by atoms with Gasteiger partial charge in [-0.1, -0.05) is 43.5 Å². The molecule has 2 N–H and O–H groups in total. The molecule has 2 aliphatic rings. The fourth-order valence-electron chi connectivity index (χ4n) is 3.24. The SMILES string of the molecule is C=C/C=C(\C=C)CCN=C1Nc2ccccc2NC12CCSCC2. The first kappa shape index (κ1) is 16.9. The van der Waals surface area contributed by atoms with Crippen LogP contribution in [0.15, 0.2) is 66.2 Å². The highest BCUT2D eigenvalue weighted by Gasteiger charge is 2.40. The average molecular weight is 340 g/mol. The second-order valence-corrected chi connectivity index (χ2v) is 7.38. The van der Waals surface area contributed by atoms with Crippen molar-refractivity contribution in [2.45, 2.75) is 24.8 Å². The van der Waals surface area contributed by atoms with E-state index in [-0.39, 0.29) is 5.54 Å². The van der Waals surface area contributed by atoms with Crippen LogP contribution in [-0.4, -0.2) is 29.4 Å². The highest BCUT2D eigenvalue weighted by atomic mass is 32.2. The highest BCUT2D eigenvalue weighted by molar-refractivity contribution is 7.99. The Kier molecular flexibility index (Phi) is 5.46. The standard InChI is InChI=1S/C20H25N3S/c1-3-7-16(4-2)10-13-21-19-20(11-14-24-15-12-20)23-18-9-6-5-8-17(18)22-19/h3-9,23H,1-2,10-15H2,(H,21,22)/b16-7+. The van der Waals surface area contributed by atoms with Crippen LogP contribution in [0.25, 0.3) is 0 Å². The smallest absolute Gasteiger partial charge is 0.127 e. The summed E-state index contributed by atoms with van der Waals surface area (Å²) in [4.78, 5) is 4.94. The van der Waals surface area contributed by atoms with Gasteiger partial charge in [0, 0.05) is 6.54 Å². The first-order valence-electron chi connectivity index (χ1n) is 8.48. The molecule has 1 aromatic rings. The zero-order valence-corrected chi connectivity index (χ0v) is 14.9. The van der Waals surface area contributed by atoms with E-state index < -0.39 is 0 Å². The molecule has 0 radical (unpaired) electrons. The number of hydrogen-bond donors (Lipinski definition) is 2. The molecule has 1 aromatic carbocycles. The van der Waals surface area contributed by atoms with E-state index in [0.29, 0.717) is 0 Å². The molecule has 1 fully saturated rings. The summed E-state index contributed by atoms with van der Waals surface area (Å²) < 4.78 is 0.